The van der Waals surface area contributed by atoms with Gasteiger partial charge in [-0.05, 0) is 39.5 Å². The number of nitrogens with zero attached hydrogens (tertiary/aromatic N) is 2. The van der Waals surface area contributed by atoms with Crippen LogP contribution in [0.4, 0.5) is 4.79 Å². The minimum absolute atomic E-state index is 0.132. The number of carbonyl (C=O) groups excluding carboxylic acids is 4. The molecule has 7 heteroatoms. The smallest absolute Gasteiger partial charge is 0.410 e. The zero-order chi connectivity index (χ0) is 19.0. The number of ketones is 1. The molecule has 0 bridgehead atoms. The lowest BCUT2D eigenvalue weighted by Crippen LogP contribution is -2.49. The van der Waals surface area contributed by atoms with Crippen LogP contribution in [0.3, 0.4) is 0 Å². The first-order chi connectivity index (χ1) is 11.5. The van der Waals surface area contributed by atoms with E-state index >= 15 is 0 Å². The van der Waals surface area contributed by atoms with Crippen LogP contribution in [0, 0.1) is 11.3 Å². The van der Waals surface area contributed by atoms with Gasteiger partial charge < -0.3 is 14.5 Å². The van der Waals surface area contributed by atoms with Gasteiger partial charge in [-0.1, -0.05) is 13.8 Å². The lowest BCUT2D eigenvalue weighted by molar-refractivity contribution is -0.144. The van der Waals surface area contributed by atoms with Crippen LogP contribution in [0.15, 0.2) is 0 Å². The Morgan fingerprint density at radius 2 is 1.80 bits per heavy atom. The van der Waals surface area contributed by atoms with Gasteiger partial charge in [0, 0.05) is 19.6 Å². The van der Waals surface area contributed by atoms with Crippen LogP contribution >= 0.6 is 0 Å². The van der Waals surface area contributed by atoms with E-state index in [2.05, 4.69) is 0 Å². The summed E-state index contributed by atoms with van der Waals surface area (Å²) in [6.45, 7) is 10.3. The highest BCUT2D eigenvalue weighted by atomic mass is 16.6. The molecule has 0 radical (unpaired) electrons. The molecule has 2 heterocycles. The molecule has 2 aliphatic rings. The van der Waals surface area contributed by atoms with Gasteiger partial charge in [-0.25, -0.2) is 4.79 Å². The van der Waals surface area contributed by atoms with Crippen LogP contribution in [-0.2, 0) is 19.1 Å². The summed E-state index contributed by atoms with van der Waals surface area (Å²) in [6.07, 6.45) is 1.02. The molecule has 2 saturated heterocycles. The minimum Gasteiger partial charge on any atom is -0.444 e. The van der Waals surface area contributed by atoms with E-state index in [0.29, 0.717) is 38.8 Å². The van der Waals surface area contributed by atoms with Gasteiger partial charge in [-0.3, -0.25) is 14.4 Å². The van der Waals surface area contributed by atoms with Crippen molar-refractivity contribution in [2.75, 3.05) is 19.6 Å². The SMILES string of the molecule is CC(C)[C@@H](C(=O)C=O)N1CC[C@]2(CCN(C(=O)OC(C)(C)C)C2)C1=O. The molecule has 0 unspecified atom stereocenters. The Morgan fingerprint density at radius 1 is 1.20 bits per heavy atom. The van der Waals surface area contributed by atoms with E-state index in [9.17, 15) is 19.2 Å². The first-order valence-electron chi connectivity index (χ1n) is 8.79. The Labute approximate surface area is 148 Å². The van der Waals surface area contributed by atoms with Crippen molar-refractivity contribution in [2.45, 2.75) is 59.1 Å². The van der Waals surface area contributed by atoms with E-state index in [1.54, 1.807) is 25.7 Å². The van der Waals surface area contributed by atoms with E-state index < -0.39 is 28.9 Å². The number of Topliss-reactive ketones (excluding diaryl/α,β-unsaturated/α-hetero) is 1. The number of hydrogen-bond acceptors (Lipinski definition) is 5. The summed E-state index contributed by atoms with van der Waals surface area (Å²) < 4.78 is 5.39. The summed E-state index contributed by atoms with van der Waals surface area (Å²) >= 11 is 0. The zero-order valence-electron chi connectivity index (χ0n) is 15.7. The van der Waals surface area contributed by atoms with Gasteiger partial charge in [0.2, 0.25) is 11.7 Å². The summed E-state index contributed by atoms with van der Waals surface area (Å²) in [6, 6.07) is -0.722. The van der Waals surface area contributed by atoms with Crippen LogP contribution in [0.25, 0.3) is 0 Å². The summed E-state index contributed by atoms with van der Waals surface area (Å²) in [5.41, 5.74) is -1.25. The predicted octanol–water partition coefficient (Wildman–Crippen LogP) is 1.64. The number of hydrogen-bond donors (Lipinski definition) is 0. The van der Waals surface area contributed by atoms with Crippen LogP contribution in [0.1, 0.15) is 47.5 Å². The maximum Gasteiger partial charge on any atom is 0.410 e. The molecular weight excluding hydrogens is 324 g/mol. The molecule has 25 heavy (non-hydrogen) atoms. The minimum atomic E-state index is -0.722. The third-order valence-electron chi connectivity index (χ3n) is 4.93. The van der Waals surface area contributed by atoms with Gasteiger partial charge >= 0.3 is 6.09 Å². The van der Waals surface area contributed by atoms with E-state index in [4.69, 9.17) is 4.74 Å². The molecule has 0 aliphatic carbocycles. The van der Waals surface area contributed by atoms with Crippen molar-refractivity contribution in [3.63, 3.8) is 0 Å². The molecule has 140 valence electrons. The lowest BCUT2D eigenvalue weighted by atomic mass is 9.85. The van der Waals surface area contributed by atoms with E-state index in [-0.39, 0.29) is 11.8 Å². The van der Waals surface area contributed by atoms with Crippen molar-refractivity contribution in [3.8, 4) is 0 Å². The molecular formula is C18H28N2O5. The normalized spacial score (nSPS) is 25.0. The summed E-state index contributed by atoms with van der Waals surface area (Å²) in [5.74, 6) is -0.838. The molecule has 0 aromatic rings. The first kappa shape index (κ1) is 19.4. The molecule has 0 saturated carbocycles. The molecule has 7 nitrogen and oxygen atoms in total. The lowest BCUT2D eigenvalue weighted by Gasteiger charge is -2.30. The standard InChI is InChI=1S/C18H28N2O5/c1-12(2)14(13(22)10-21)20-9-7-18(15(20)23)6-8-19(11-18)16(24)25-17(3,4)5/h10,12,14H,6-9,11H2,1-5H3/t14-,18-/m0/s1. The molecule has 2 rings (SSSR count). The van der Waals surface area contributed by atoms with Gasteiger partial charge in [0.15, 0.2) is 6.29 Å². The summed E-state index contributed by atoms with van der Waals surface area (Å²) in [4.78, 5) is 51.3. The first-order valence-corrected chi connectivity index (χ1v) is 8.79. The maximum atomic E-state index is 13.0. The van der Waals surface area contributed by atoms with Gasteiger partial charge in [0.05, 0.1) is 5.41 Å². The van der Waals surface area contributed by atoms with Crippen molar-refractivity contribution >= 4 is 24.1 Å². The van der Waals surface area contributed by atoms with Gasteiger partial charge in [-0.2, -0.15) is 0 Å². The maximum absolute atomic E-state index is 13.0. The monoisotopic (exact) mass is 352 g/mol. The molecule has 1 spiro atoms. The highest BCUT2D eigenvalue weighted by Crippen LogP contribution is 2.42. The van der Waals surface area contributed by atoms with Crippen molar-refractivity contribution in [3.05, 3.63) is 0 Å². The number of carbonyl (C=O) groups is 4. The quantitative estimate of drug-likeness (QED) is 0.567. The van der Waals surface area contributed by atoms with Crippen LogP contribution in [-0.4, -0.2) is 65.1 Å². The Morgan fingerprint density at radius 3 is 2.32 bits per heavy atom. The Bertz CT molecular complexity index is 581. The van der Waals surface area contributed by atoms with Crippen molar-refractivity contribution < 1.29 is 23.9 Å². The Kier molecular flexibility index (Phi) is 5.25. The second-order valence-corrected chi connectivity index (χ2v) is 8.39. The number of ether oxygens (including phenoxy) is 1. The van der Waals surface area contributed by atoms with Crippen molar-refractivity contribution in [1.29, 1.82) is 0 Å². The van der Waals surface area contributed by atoms with E-state index in [1.165, 1.54) is 4.90 Å². The largest absolute Gasteiger partial charge is 0.444 e. The fraction of sp³-hybridized carbons (Fsp3) is 0.778. The number of likely N-dealkylation sites (tertiary alicyclic amines) is 2. The second-order valence-electron chi connectivity index (χ2n) is 8.39. The summed E-state index contributed by atoms with van der Waals surface area (Å²) in [7, 11) is 0. The molecule has 0 N–H and O–H groups in total. The highest BCUT2D eigenvalue weighted by molar-refractivity contribution is 6.28. The average molecular weight is 352 g/mol. The molecule has 2 atom stereocenters. The second kappa shape index (κ2) is 6.77. The van der Waals surface area contributed by atoms with Crippen LogP contribution in [0.2, 0.25) is 0 Å². The molecule has 2 fully saturated rings. The Hall–Kier alpha value is -1.92. The number of aldehydes is 1. The molecule has 0 aromatic carbocycles. The highest BCUT2D eigenvalue weighted by Gasteiger charge is 2.54. The van der Waals surface area contributed by atoms with Crippen LogP contribution in [0.5, 0.6) is 0 Å². The fourth-order valence-electron chi connectivity index (χ4n) is 3.76. The van der Waals surface area contributed by atoms with Gasteiger partial charge in [-0.15, -0.1) is 0 Å². The van der Waals surface area contributed by atoms with Gasteiger partial charge in [0.25, 0.3) is 0 Å². The third kappa shape index (κ3) is 3.85. The van der Waals surface area contributed by atoms with Crippen molar-refractivity contribution in [2.24, 2.45) is 11.3 Å². The molecule has 0 aromatic heterocycles. The summed E-state index contributed by atoms with van der Waals surface area (Å²) in [5, 5.41) is 0. The predicted molar refractivity (Wildman–Crippen MR) is 90.9 cm³/mol. The average Bonchev–Trinajstić information content (AvgIpc) is 3.05. The topological polar surface area (TPSA) is 84.0 Å². The molecule has 2 amide bonds. The Balaban J connectivity index is 2.12. The number of amides is 2. The van der Waals surface area contributed by atoms with E-state index in [0.717, 1.165) is 0 Å². The third-order valence-corrected chi connectivity index (χ3v) is 4.93. The van der Waals surface area contributed by atoms with E-state index in [1.807, 2.05) is 13.8 Å². The number of rotatable bonds is 4. The molecule has 2 aliphatic heterocycles. The fourth-order valence-corrected chi connectivity index (χ4v) is 3.76. The van der Waals surface area contributed by atoms with Gasteiger partial charge in [0.1, 0.15) is 11.6 Å². The van der Waals surface area contributed by atoms with Crippen LogP contribution < -0.4 is 0 Å². The van der Waals surface area contributed by atoms with Crippen molar-refractivity contribution in [1.82, 2.24) is 9.80 Å². The zero-order valence-corrected chi connectivity index (χ0v) is 15.7.